The molecule has 96 valence electrons. The van der Waals surface area contributed by atoms with Crippen molar-refractivity contribution in [2.24, 2.45) is 5.92 Å². The topological polar surface area (TPSA) is 40.7 Å². The molecule has 2 aromatic rings. The van der Waals surface area contributed by atoms with Gasteiger partial charge in [-0.05, 0) is 30.9 Å². The van der Waals surface area contributed by atoms with Gasteiger partial charge in [0.1, 0.15) is 0 Å². The molecule has 1 aliphatic rings. The lowest BCUT2D eigenvalue weighted by molar-refractivity contribution is 0.373. The molecule has 0 saturated heterocycles. The molecule has 0 radical (unpaired) electrons. The normalized spacial score (nSPS) is 17.2. The molecular weight excluding hydrogens is 290 g/mol. The predicted molar refractivity (Wildman–Crippen MR) is 78.9 cm³/mol. The van der Waals surface area contributed by atoms with Crippen molar-refractivity contribution in [2.45, 2.75) is 32.1 Å². The van der Waals surface area contributed by atoms with Gasteiger partial charge in [-0.1, -0.05) is 35.2 Å². The van der Waals surface area contributed by atoms with Gasteiger partial charge in [0.25, 0.3) is 0 Å². The van der Waals surface area contributed by atoms with Crippen LogP contribution in [0.5, 0.6) is 0 Å². The molecule has 0 aliphatic heterocycles. The zero-order valence-corrected chi connectivity index (χ0v) is 12.0. The number of nitrogens with zero attached hydrogens (tertiary/aromatic N) is 1. The first-order valence-corrected chi connectivity index (χ1v) is 7.49. The highest BCUT2D eigenvalue weighted by Crippen LogP contribution is 2.29. The number of aromatic nitrogens is 2. The van der Waals surface area contributed by atoms with Crippen LogP contribution in [0.25, 0.3) is 10.9 Å². The molecule has 1 aromatic heterocycles. The van der Waals surface area contributed by atoms with Gasteiger partial charge in [0.15, 0.2) is 0 Å². The van der Waals surface area contributed by atoms with E-state index < -0.39 is 0 Å². The number of benzene rings is 1. The van der Waals surface area contributed by atoms with Crippen molar-refractivity contribution in [3.63, 3.8) is 0 Å². The SMILES string of the molecule is Brc1cc(NCC2CCCCC2)c2cn[nH]c2c1. The van der Waals surface area contributed by atoms with Crippen LogP contribution < -0.4 is 5.32 Å². The number of hydrogen-bond acceptors (Lipinski definition) is 2. The summed E-state index contributed by atoms with van der Waals surface area (Å²) >= 11 is 3.55. The Morgan fingerprint density at radius 1 is 1.28 bits per heavy atom. The number of H-pyrrole nitrogens is 1. The second kappa shape index (κ2) is 5.31. The molecule has 2 N–H and O–H groups in total. The molecule has 0 atom stereocenters. The van der Waals surface area contributed by atoms with Gasteiger partial charge in [-0.15, -0.1) is 0 Å². The Balaban J connectivity index is 1.75. The highest BCUT2D eigenvalue weighted by molar-refractivity contribution is 9.10. The first-order chi connectivity index (χ1) is 8.83. The average molecular weight is 308 g/mol. The third kappa shape index (κ3) is 2.53. The van der Waals surface area contributed by atoms with E-state index in [9.17, 15) is 0 Å². The Bertz CT molecular complexity index is 529. The minimum absolute atomic E-state index is 0.833. The van der Waals surface area contributed by atoms with Crippen molar-refractivity contribution in [3.05, 3.63) is 22.8 Å². The Hall–Kier alpha value is -1.03. The maximum Gasteiger partial charge on any atom is 0.0682 e. The second-order valence-electron chi connectivity index (χ2n) is 5.17. The zero-order valence-electron chi connectivity index (χ0n) is 10.4. The molecular formula is C14H18BrN3. The fourth-order valence-electron chi connectivity index (χ4n) is 2.81. The number of halogens is 1. The maximum atomic E-state index is 4.11. The standard InChI is InChI=1S/C14H18BrN3/c15-11-6-13(12-9-17-18-14(12)7-11)16-8-10-4-2-1-3-5-10/h6-7,9-10,16H,1-5,8H2,(H,17,18). The van der Waals surface area contributed by atoms with E-state index in [1.54, 1.807) is 0 Å². The highest BCUT2D eigenvalue weighted by atomic mass is 79.9. The third-order valence-corrected chi connectivity index (χ3v) is 4.29. The number of nitrogens with one attached hydrogen (secondary N) is 2. The first-order valence-electron chi connectivity index (χ1n) is 6.69. The molecule has 0 bridgehead atoms. The van der Waals surface area contributed by atoms with Gasteiger partial charge >= 0.3 is 0 Å². The summed E-state index contributed by atoms with van der Waals surface area (Å²) < 4.78 is 1.09. The number of aromatic amines is 1. The summed E-state index contributed by atoms with van der Waals surface area (Å²) in [5, 5.41) is 11.9. The van der Waals surface area contributed by atoms with E-state index in [1.165, 1.54) is 43.2 Å². The van der Waals surface area contributed by atoms with Gasteiger partial charge in [0.2, 0.25) is 0 Å². The molecule has 1 heterocycles. The molecule has 3 nitrogen and oxygen atoms in total. The fourth-order valence-corrected chi connectivity index (χ4v) is 3.27. The molecule has 3 rings (SSSR count). The van der Waals surface area contributed by atoms with Crippen molar-refractivity contribution >= 4 is 32.5 Å². The second-order valence-corrected chi connectivity index (χ2v) is 6.09. The summed E-state index contributed by atoms with van der Waals surface area (Å²) in [5.41, 5.74) is 2.26. The molecule has 18 heavy (non-hydrogen) atoms. The van der Waals surface area contributed by atoms with Crippen LogP contribution in [0.15, 0.2) is 22.8 Å². The fraction of sp³-hybridized carbons (Fsp3) is 0.500. The van der Waals surface area contributed by atoms with E-state index in [0.717, 1.165) is 22.5 Å². The van der Waals surface area contributed by atoms with Crippen LogP contribution >= 0.6 is 15.9 Å². The van der Waals surface area contributed by atoms with E-state index >= 15 is 0 Å². The van der Waals surface area contributed by atoms with Crippen LogP contribution in [-0.2, 0) is 0 Å². The van der Waals surface area contributed by atoms with Crippen molar-refractivity contribution in [3.8, 4) is 0 Å². The van der Waals surface area contributed by atoms with Gasteiger partial charge in [-0.2, -0.15) is 5.10 Å². The number of fused-ring (bicyclic) bond motifs is 1. The molecule has 1 fully saturated rings. The molecule has 1 aliphatic carbocycles. The average Bonchev–Trinajstić information content (AvgIpc) is 2.85. The minimum atomic E-state index is 0.833. The number of hydrogen-bond donors (Lipinski definition) is 2. The Kier molecular flexibility index (Phi) is 3.55. The van der Waals surface area contributed by atoms with Crippen molar-refractivity contribution in [1.29, 1.82) is 0 Å². The number of anilines is 1. The summed E-state index contributed by atoms with van der Waals surface area (Å²) in [6.45, 7) is 1.08. The summed E-state index contributed by atoms with van der Waals surface area (Å²) in [5.74, 6) is 0.833. The molecule has 0 unspecified atom stereocenters. The van der Waals surface area contributed by atoms with Crippen molar-refractivity contribution in [1.82, 2.24) is 10.2 Å². The summed E-state index contributed by atoms with van der Waals surface area (Å²) in [6, 6.07) is 4.20. The Morgan fingerprint density at radius 2 is 2.11 bits per heavy atom. The van der Waals surface area contributed by atoms with Crippen LogP contribution in [0.4, 0.5) is 5.69 Å². The van der Waals surface area contributed by atoms with Crippen LogP contribution in [-0.4, -0.2) is 16.7 Å². The van der Waals surface area contributed by atoms with Crippen LogP contribution in [0.3, 0.4) is 0 Å². The van der Waals surface area contributed by atoms with Crippen LogP contribution in [0.2, 0.25) is 0 Å². The molecule has 1 aromatic carbocycles. The summed E-state index contributed by atoms with van der Waals surface area (Å²) in [4.78, 5) is 0. The maximum absolute atomic E-state index is 4.11. The van der Waals surface area contributed by atoms with E-state index in [1.807, 2.05) is 6.20 Å². The van der Waals surface area contributed by atoms with Crippen molar-refractivity contribution in [2.75, 3.05) is 11.9 Å². The van der Waals surface area contributed by atoms with Gasteiger partial charge in [0.05, 0.1) is 11.7 Å². The van der Waals surface area contributed by atoms with E-state index in [4.69, 9.17) is 0 Å². The molecule has 1 saturated carbocycles. The lowest BCUT2D eigenvalue weighted by atomic mass is 9.89. The number of rotatable bonds is 3. The van der Waals surface area contributed by atoms with E-state index in [2.05, 4.69) is 43.6 Å². The predicted octanol–water partition coefficient (Wildman–Crippen LogP) is 4.32. The largest absolute Gasteiger partial charge is 0.384 e. The van der Waals surface area contributed by atoms with E-state index in [-0.39, 0.29) is 0 Å². The van der Waals surface area contributed by atoms with Crippen LogP contribution in [0.1, 0.15) is 32.1 Å². The monoisotopic (exact) mass is 307 g/mol. The smallest absolute Gasteiger partial charge is 0.0682 e. The highest BCUT2D eigenvalue weighted by Gasteiger charge is 2.13. The first kappa shape index (κ1) is 12.0. The van der Waals surface area contributed by atoms with Gasteiger partial charge in [-0.25, -0.2) is 0 Å². The zero-order chi connectivity index (χ0) is 12.4. The summed E-state index contributed by atoms with van der Waals surface area (Å²) in [6.07, 6.45) is 8.84. The molecule has 4 heteroatoms. The Morgan fingerprint density at radius 3 is 2.94 bits per heavy atom. The van der Waals surface area contributed by atoms with Gasteiger partial charge < -0.3 is 5.32 Å². The quantitative estimate of drug-likeness (QED) is 0.886. The summed E-state index contributed by atoms with van der Waals surface area (Å²) in [7, 11) is 0. The lowest BCUT2D eigenvalue weighted by Gasteiger charge is -2.22. The van der Waals surface area contributed by atoms with Gasteiger partial charge in [-0.3, -0.25) is 5.10 Å². The lowest BCUT2D eigenvalue weighted by Crippen LogP contribution is -2.17. The van der Waals surface area contributed by atoms with E-state index in [0.29, 0.717) is 0 Å². The molecule has 0 amide bonds. The minimum Gasteiger partial charge on any atom is -0.384 e. The third-order valence-electron chi connectivity index (χ3n) is 3.83. The van der Waals surface area contributed by atoms with Crippen molar-refractivity contribution < 1.29 is 0 Å². The Labute approximate surface area is 115 Å². The molecule has 0 spiro atoms. The van der Waals surface area contributed by atoms with Gasteiger partial charge in [0, 0.05) is 22.1 Å². The van der Waals surface area contributed by atoms with Crippen LogP contribution in [0, 0.1) is 5.92 Å².